The van der Waals surface area contributed by atoms with E-state index in [0.29, 0.717) is 6.42 Å². The number of carbonyl (C=O) groups is 1. The number of ketones is 1. The molecule has 0 N–H and O–H groups in total. The lowest BCUT2D eigenvalue weighted by Crippen LogP contribution is -3.00. The van der Waals surface area contributed by atoms with Crippen LogP contribution < -0.4 is 17.1 Å². The Morgan fingerprint density at radius 3 is 2.55 bits per heavy atom. The third-order valence-electron chi connectivity index (χ3n) is 3.70. The van der Waals surface area contributed by atoms with Gasteiger partial charge >= 0.3 is 0 Å². The largest absolute Gasteiger partial charge is 1.00 e. The van der Waals surface area contributed by atoms with E-state index in [-0.39, 0.29) is 18.2 Å². The Balaban J connectivity index is 0.00000242. The number of hydrogen-bond donors (Lipinski definition) is 0. The number of halogens is 1. The van der Waals surface area contributed by atoms with E-state index in [9.17, 15) is 4.79 Å². The molecule has 1 fully saturated rings. The van der Waals surface area contributed by atoms with Crippen LogP contribution in [-0.2, 0) is 4.74 Å². The summed E-state index contributed by atoms with van der Waals surface area (Å²) in [7, 11) is 0. The second-order valence-electron chi connectivity index (χ2n) is 5.35. The summed E-state index contributed by atoms with van der Waals surface area (Å²) in [5.74, 6) is 1.04. The van der Waals surface area contributed by atoms with Gasteiger partial charge in [-0.2, -0.15) is 0 Å². The Bertz CT molecular complexity index is 430. The van der Waals surface area contributed by atoms with Gasteiger partial charge in [0.1, 0.15) is 5.75 Å². The van der Waals surface area contributed by atoms with Crippen LogP contribution in [-0.4, -0.2) is 50.1 Å². The Kier molecular flexibility index (Phi) is 9.13. The zero-order chi connectivity index (χ0) is 14.9. The van der Waals surface area contributed by atoms with Crippen LogP contribution in [0.5, 0.6) is 5.75 Å². The van der Waals surface area contributed by atoms with E-state index >= 15 is 0 Å². The molecule has 0 radical (unpaired) electrons. The fourth-order valence-corrected chi connectivity index (χ4v) is 2.30. The van der Waals surface area contributed by atoms with Crippen molar-refractivity contribution in [2.45, 2.75) is 26.2 Å². The SMILES string of the molecule is CCCCOc1ccc(C(=O)CCN2CCOCC2)cc1.[Cl-]. The average Bonchev–Trinajstić information content (AvgIpc) is 2.54. The molecule has 0 spiro atoms. The lowest BCUT2D eigenvalue weighted by atomic mass is 10.1. The molecule has 124 valence electrons. The van der Waals surface area contributed by atoms with Gasteiger partial charge in [-0.25, -0.2) is 0 Å². The Labute approximate surface area is 139 Å². The van der Waals surface area contributed by atoms with E-state index in [1.165, 1.54) is 0 Å². The van der Waals surface area contributed by atoms with Crippen molar-refractivity contribution < 1.29 is 26.7 Å². The lowest BCUT2D eigenvalue weighted by molar-refractivity contribution is -0.0000135. The molecule has 4 nitrogen and oxygen atoms in total. The summed E-state index contributed by atoms with van der Waals surface area (Å²) in [6, 6.07) is 7.50. The second kappa shape index (κ2) is 10.6. The Hall–Kier alpha value is -1.10. The maximum Gasteiger partial charge on any atom is 0.164 e. The van der Waals surface area contributed by atoms with Crippen molar-refractivity contribution in [1.29, 1.82) is 0 Å². The minimum Gasteiger partial charge on any atom is -1.00 e. The van der Waals surface area contributed by atoms with Crippen LogP contribution in [0.25, 0.3) is 0 Å². The highest BCUT2D eigenvalue weighted by Gasteiger charge is 2.13. The van der Waals surface area contributed by atoms with Crippen molar-refractivity contribution in [3.05, 3.63) is 29.8 Å². The molecule has 5 heteroatoms. The van der Waals surface area contributed by atoms with Gasteiger partial charge < -0.3 is 21.9 Å². The van der Waals surface area contributed by atoms with Crippen LogP contribution in [0.3, 0.4) is 0 Å². The van der Waals surface area contributed by atoms with Gasteiger partial charge in [-0.1, -0.05) is 13.3 Å². The highest BCUT2D eigenvalue weighted by atomic mass is 35.5. The smallest absolute Gasteiger partial charge is 0.164 e. The molecule has 0 atom stereocenters. The summed E-state index contributed by atoms with van der Waals surface area (Å²) in [5, 5.41) is 0. The molecule has 0 unspecified atom stereocenters. The molecule has 1 aliphatic heterocycles. The molecule has 1 aliphatic rings. The van der Waals surface area contributed by atoms with Gasteiger partial charge in [0.05, 0.1) is 19.8 Å². The van der Waals surface area contributed by atoms with E-state index in [1.807, 2.05) is 24.3 Å². The number of Topliss-reactive ketones (excluding diaryl/α,β-unsaturated/α-hetero) is 1. The highest BCUT2D eigenvalue weighted by Crippen LogP contribution is 2.14. The normalized spacial score (nSPS) is 15.1. The lowest BCUT2D eigenvalue weighted by Gasteiger charge is -2.26. The van der Waals surface area contributed by atoms with Crippen molar-refractivity contribution in [1.82, 2.24) is 4.90 Å². The fraction of sp³-hybridized carbons (Fsp3) is 0.588. The molecule has 0 bridgehead atoms. The number of hydrogen-bond acceptors (Lipinski definition) is 4. The first-order valence-corrected chi connectivity index (χ1v) is 7.85. The quantitative estimate of drug-likeness (QED) is 0.489. The molecular weight excluding hydrogens is 302 g/mol. The fourth-order valence-electron chi connectivity index (χ4n) is 2.30. The van der Waals surface area contributed by atoms with Gasteiger partial charge in [0.25, 0.3) is 0 Å². The molecule has 1 aromatic rings. The summed E-state index contributed by atoms with van der Waals surface area (Å²) in [4.78, 5) is 14.4. The van der Waals surface area contributed by atoms with E-state index in [2.05, 4.69) is 11.8 Å². The number of rotatable bonds is 8. The number of ether oxygens (including phenoxy) is 2. The van der Waals surface area contributed by atoms with Crippen LogP contribution in [0.2, 0.25) is 0 Å². The molecule has 0 saturated carbocycles. The maximum absolute atomic E-state index is 12.2. The second-order valence-corrected chi connectivity index (χ2v) is 5.35. The summed E-state index contributed by atoms with van der Waals surface area (Å²) >= 11 is 0. The first-order chi connectivity index (χ1) is 10.3. The Morgan fingerprint density at radius 1 is 1.23 bits per heavy atom. The van der Waals surface area contributed by atoms with Crippen molar-refractivity contribution in [2.75, 3.05) is 39.5 Å². The predicted molar refractivity (Wildman–Crippen MR) is 83.1 cm³/mol. The monoisotopic (exact) mass is 326 g/mol. The van der Waals surface area contributed by atoms with Crippen LogP contribution in [0.15, 0.2) is 24.3 Å². The first kappa shape index (κ1) is 18.9. The number of nitrogens with zero attached hydrogens (tertiary/aromatic N) is 1. The Morgan fingerprint density at radius 2 is 1.91 bits per heavy atom. The van der Waals surface area contributed by atoms with Gasteiger partial charge in [0.2, 0.25) is 0 Å². The van der Waals surface area contributed by atoms with Crippen LogP contribution in [0, 0.1) is 0 Å². The molecule has 0 amide bonds. The minimum absolute atomic E-state index is 0. The minimum atomic E-state index is 0. The van der Waals surface area contributed by atoms with Gasteiger partial charge in [-0.15, -0.1) is 0 Å². The van der Waals surface area contributed by atoms with Crippen LogP contribution in [0.1, 0.15) is 36.5 Å². The van der Waals surface area contributed by atoms with Gasteiger partial charge in [-0.3, -0.25) is 9.69 Å². The number of morpholine rings is 1. The van der Waals surface area contributed by atoms with Crippen molar-refractivity contribution in [3.63, 3.8) is 0 Å². The summed E-state index contributed by atoms with van der Waals surface area (Å²) in [6.45, 7) is 7.10. The van der Waals surface area contributed by atoms with Gasteiger partial charge in [0, 0.05) is 31.6 Å². The van der Waals surface area contributed by atoms with Crippen molar-refractivity contribution in [2.24, 2.45) is 0 Å². The van der Waals surface area contributed by atoms with Gasteiger partial charge in [-0.05, 0) is 30.7 Å². The zero-order valence-electron chi connectivity index (χ0n) is 13.2. The third-order valence-corrected chi connectivity index (χ3v) is 3.70. The molecule has 1 heterocycles. The molecule has 1 saturated heterocycles. The predicted octanol–water partition coefficient (Wildman–Crippen LogP) is -0.225. The number of benzene rings is 1. The molecule has 2 rings (SSSR count). The summed E-state index contributed by atoms with van der Waals surface area (Å²) in [5.41, 5.74) is 0.770. The maximum atomic E-state index is 12.2. The molecule has 1 aromatic carbocycles. The third kappa shape index (κ3) is 6.34. The van der Waals surface area contributed by atoms with E-state index in [4.69, 9.17) is 9.47 Å². The summed E-state index contributed by atoms with van der Waals surface area (Å²) in [6.07, 6.45) is 2.74. The van der Waals surface area contributed by atoms with E-state index in [0.717, 1.165) is 63.6 Å². The average molecular weight is 327 g/mol. The summed E-state index contributed by atoms with van der Waals surface area (Å²) < 4.78 is 10.9. The molecule has 22 heavy (non-hydrogen) atoms. The van der Waals surface area contributed by atoms with Gasteiger partial charge in [0.15, 0.2) is 5.78 Å². The first-order valence-electron chi connectivity index (χ1n) is 7.85. The van der Waals surface area contributed by atoms with Crippen molar-refractivity contribution >= 4 is 5.78 Å². The molecule has 0 aromatic heterocycles. The van der Waals surface area contributed by atoms with Crippen molar-refractivity contribution in [3.8, 4) is 5.75 Å². The topological polar surface area (TPSA) is 38.8 Å². The number of carbonyl (C=O) groups excluding carboxylic acids is 1. The highest BCUT2D eigenvalue weighted by molar-refractivity contribution is 5.96. The standard InChI is InChI=1S/C17H25NO3.ClH/c1-2-3-12-21-16-6-4-15(5-7-16)17(19)8-9-18-10-13-20-14-11-18;/h4-7H,2-3,8-14H2,1H3;1H/p-1. The zero-order valence-corrected chi connectivity index (χ0v) is 14.0. The molecule has 0 aliphatic carbocycles. The molecular formula is C17H25ClNO3-. The van der Waals surface area contributed by atoms with E-state index < -0.39 is 0 Å². The van der Waals surface area contributed by atoms with Crippen LogP contribution >= 0.6 is 0 Å². The van der Waals surface area contributed by atoms with E-state index in [1.54, 1.807) is 0 Å². The number of unbranched alkanes of at least 4 members (excludes halogenated alkanes) is 1. The van der Waals surface area contributed by atoms with Crippen LogP contribution in [0.4, 0.5) is 0 Å².